The van der Waals surface area contributed by atoms with Gasteiger partial charge in [-0.15, -0.1) is 0 Å². The van der Waals surface area contributed by atoms with Crippen LogP contribution in [0.4, 0.5) is 23.2 Å². The number of alkyl halides is 3. The summed E-state index contributed by atoms with van der Waals surface area (Å²) in [6.45, 7) is 0. The van der Waals surface area contributed by atoms with Gasteiger partial charge >= 0.3 is 6.18 Å². The molecule has 184 valence electrons. The van der Waals surface area contributed by atoms with E-state index in [-0.39, 0.29) is 17.4 Å². The number of nitrogens with one attached hydrogen (secondary N) is 1. The fourth-order valence-corrected chi connectivity index (χ4v) is 4.16. The van der Waals surface area contributed by atoms with E-state index in [9.17, 15) is 18.0 Å². The van der Waals surface area contributed by atoms with Crippen LogP contribution >= 0.6 is 0 Å². The number of carbonyl (C=O) groups is 1. The van der Waals surface area contributed by atoms with Gasteiger partial charge in [0.2, 0.25) is 0 Å². The van der Waals surface area contributed by atoms with Crippen molar-refractivity contribution in [3.63, 3.8) is 0 Å². The molecule has 2 aliphatic heterocycles. The van der Waals surface area contributed by atoms with Crippen LogP contribution in [-0.2, 0) is 13.2 Å². The lowest BCUT2D eigenvalue weighted by Gasteiger charge is -2.27. The zero-order valence-electron chi connectivity index (χ0n) is 19.3. The zero-order valence-corrected chi connectivity index (χ0v) is 19.3. The molecule has 1 amide bonds. The second kappa shape index (κ2) is 8.71. The Kier molecular flexibility index (Phi) is 5.66. The molecule has 10 heteroatoms. The minimum atomic E-state index is -4.55. The standard InChI is InChI=1S/C26H21F4N5O/c1-33-14-18(12-32-33)17-7-9-24-31-13-23(35(24)15-17)16-6-8-21(22(27)10-16)25(36)34(2)20-5-3-4-19(11-20)26(28,29)30/h3-15,24,31H,1-2H3. The summed E-state index contributed by atoms with van der Waals surface area (Å²) in [7, 11) is 3.14. The van der Waals surface area contributed by atoms with Gasteiger partial charge in [0.1, 0.15) is 12.0 Å². The number of aromatic nitrogens is 2. The molecule has 0 bridgehead atoms. The summed E-state index contributed by atoms with van der Waals surface area (Å²) >= 11 is 0. The van der Waals surface area contributed by atoms with Crippen LogP contribution < -0.4 is 10.2 Å². The summed E-state index contributed by atoms with van der Waals surface area (Å²) in [5, 5.41) is 7.42. The van der Waals surface area contributed by atoms with Crippen molar-refractivity contribution < 1.29 is 22.4 Å². The number of anilines is 1. The summed E-state index contributed by atoms with van der Waals surface area (Å²) in [5.74, 6) is -1.53. The van der Waals surface area contributed by atoms with E-state index in [1.807, 2.05) is 36.5 Å². The molecule has 1 N–H and O–H groups in total. The highest BCUT2D eigenvalue weighted by Gasteiger charge is 2.31. The van der Waals surface area contributed by atoms with Crippen LogP contribution in [0.5, 0.6) is 0 Å². The van der Waals surface area contributed by atoms with E-state index < -0.39 is 23.5 Å². The first-order chi connectivity index (χ1) is 17.1. The molecule has 0 radical (unpaired) electrons. The molecule has 0 saturated heterocycles. The lowest BCUT2D eigenvalue weighted by molar-refractivity contribution is -0.137. The first kappa shape index (κ1) is 23.4. The molecule has 5 rings (SSSR count). The molecule has 1 atom stereocenters. The van der Waals surface area contributed by atoms with Gasteiger partial charge in [0.25, 0.3) is 5.91 Å². The Hall–Kier alpha value is -4.34. The zero-order chi connectivity index (χ0) is 25.6. The SMILES string of the molecule is CN(C(=O)c1ccc(C2=CNC3C=CC(c4cnn(C)c4)=CN23)cc1F)c1cccc(C(F)(F)F)c1. The van der Waals surface area contributed by atoms with Crippen LogP contribution in [0.2, 0.25) is 0 Å². The molecule has 1 unspecified atom stereocenters. The van der Waals surface area contributed by atoms with Crippen LogP contribution in [0.1, 0.15) is 27.0 Å². The predicted molar refractivity (Wildman–Crippen MR) is 128 cm³/mol. The molecule has 2 aliphatic rings. The van der Waals surface area contributed by atoms with E-state index in [4.69, 9.17) is 0 Å². The molecular weight excluding hydrogens is 474 g/mol. The van der Waals surface area contributed by atoms with Crippen molar-refractivity contribution in [2.75, 3.05) is 11.9 Å². The lowest BCUT2D eigenvalue weighted by Crippen LogP contribution is -2.32. The number of fused-ring (bicyclic) bond motifs is 1. The minimum absolute atomic E-state index is 0.0111. The fourth-order valence-electron chi connectivity index (χ4n) is 4.16. The Morgan fingerprint density at radius 1 is 1.14 bits per heavy atom. The average Bonchev–Trinajstić information content (AvgIpc) is 3.48. The first-order valence-corrected chi connectivity index (χ1v) is 11.0. The van der Waals surface area contributed by atoms with Crippen molar-refractivity contribution in [2.45, 2.75) is 12.3 Å². The maximum Gasteiger partial charge on any atom is 0.416 e. The van der Waals surface area contributed by atoms with Crippen molar-refractivity contribution >= 4 is 22.9 Å². The molecule has 0 spiro atoms. The topological polar surface area (TPSA) is 53.4 Å². The van der Waals surface area contributed by atoms with Gasteiger partial charge in [0, 0.05) is 55.1 Å². The number of allylic oxidation sites excluding steroid dienone is 2. The minimum Gasteiger partial charge on any atom is -0.366 e. The van der Waals surface area contributed by atoms with Gasteiger partial charge in [-0.3, -0.25) is 9.48 Å². The summed E-state index contributed by atoms with van der Waals surface area (Å²) in [6, 6.07) is 8.55. The van der Waals surface area contributed by atoms with Gasteiger partial charge in [0.05, 0.1) is 23.0 Å². The molecule has 1 aromatic heterocycles. The second-order valence-corrected chi connectivity index (χ2v) is 8.50. The number of aryl methyl sites for hydroxylation is 1. The van der Waals surface area contributed by atoms with Gasteiger partial charge in [-0.05, 0) is 36.4 Å². The van der Waals surface area contributed by atoms with E-state index in [0.29, 0.717) is 11.3 Å². The molecule has 0 saturated carbocycles. The van der Waals surface area contributed by atoms with E-state index in [1.54, 1.807) is 23.1 Å². The maximum atomic E-state index is 15.1. The predicted octanol–water partition coefficient (Wildman–Crippen LogP) is 5.00. The second-order valence-electron chi connectivity index (χ2n) is 8.50. The summed E-state index contributed by atoms with van der Waals surface area (Å²) in [6.07, 6.45) is 6.61. The Bertz CT molecular complexity index is 1440. The van der Waals surface area contributed by atoms with E-state index in [0.717, 1.165) is 28.2 Å². The molecule has 0 aliphatic carbocycles. The van der Waals surface area contributed by atoms with Crippen LogP contribution in [-0.4, -0.2) is 33.8 Å². The Morgan fingerprint density at radius 2 is 1.94 bits per heavy atom. The molecule has 3 aromatic rings. The van der Waals surface area contributed by atoms with Crippen LogP contribution in [0.3, 0.4) is 0 Å². The fraction of sp³-hybridized carbons (Fsp3) is 0.154. The highest BCUT2D eigenvalue weighted by Crippen LogP contribution is 2.34. The van der Waals surface area contributed by atoms with Gasteiger partial charge in [0.15, 0.2) is 0 Å². The number of carbonyl (C=O) groups excluding carboxylic acids is 1. The number of nitrogens with zero attached hydrogens (tertiary/aromatic N) is 4. The third-order valence-electron chi connectivity index (χ3n) is 6.10. The third-order valence-corrected chi connectivity index (χ3v) is 6.10. The van der Waals surface area contributed by atoms with Gasteiger partial charge < -0.3 is 15.1 Å². The van der Waals surface area contributed by atoms with Crippen molar-refractivity contribution in [1.82, 2.24) is 20.0 Å². The van der Waals surface area contributed by atoms with Crippen molar-refractivity contribution in [1.29, 1.82) is 0 Å². The van der Waals surface area contributed by atoms with Gasteiger partial charge in [-0.2, -0.15) is 18.3 Å². The Balaban J connectivity index is 1.39. The monoisotopic (exact) mass is 495 g/mol. The highest BCUT2D eigenvalue weighted by atomic mass is 19.4. The number of rotatable bonds is 4. The third kappa shape index (κ3) is 4.26. The van der Waals surface area contributed by atoms with E-state index in [2.05, 4.69) is 10.4 Å². The van der Waals surface area contributed by atoms with Crippen molar-refractivity contribution in [2.24, 2.45) is 7.05 Å². The first-order valence-electron chi connectivity index (χ1n) is 11.0. The normalized spacial score (nSPS) is 16.8. The number of benzene rings is 2. The summed E-state index contributed by atoms with van der Waals surface area (Å²) < 4.78 is 56.0. The molecule has 2 aromatic carbocycles. The number of halogens is 4. The van der Waals surface area contributed by atoms with E-state index in [1.165, 1.54) is 31.3 Å². The Morgan fingerprint density at radius 3 is 2.64 bits per heavy atom. The van der Waals surface area contributed by atoms with Crippen LogP contribution in [0, 0.1) is 5.82 Å². The summed E-state index contributed by atoms with van der Waals surface area (Å²) in [5.41, 5.74) is 1.99. The van der Waals surface area contributed by atoms with Gasteiger partial charge in [-0.1, -0.05) is 18.2 Å². The highest BCUT2D eigenvalue weighted by molar-refractivity contribution is 6.06. The van der Waals surface area contributed by atoms with Crippen LogP contribution in [0.25, 0.3) is 11.3 Å². The smallest absolute Gasteiger partial charge is 0.366 e. The van der Waals surface area contributed by atoms with Gasteiger partial charge in [-0.25, -0.2) is 4.39 Å². The molecule has 0 fully saturated rings. The van der Waals surface area contributed by atoms with Crippen molar-refractivity contribution in [3.05, 3.63) is 107 Å². The number of amides is 1. The average molecular weight is 495 g/mol. The quantitative estimate of drug-likeness (QED) is 0.518. The molecule has 6 nitrogen and oxygen atoms in total. The lowest BCUT2D eigenvalue weighted by atomic mass is 10.0. The molecule has 36 heavy (non-hydrogen) atoms. The van der Waals surface area contributed by atoms with E-state index >= 15 is 4.39 Å². The molecule has 3 heterocycles. The van der Waals surface area contributed by atoms with Crippen molar-refractivity contribution in [3.8, 4) is 0 Å². The number of hydrogen-bond donors (Lipinski definition) is 1. The Labute approximate surface area is 204 Å². The molecular formula is C26H21F4N5O. The largest absolute Gasteiger partial charge is 0.416 e. The van der Waals surface area contributed by atoms with Crippen LogP contribution in [0.15, 0.2) is 79.4 Å². The number of hydrogen-bond acceptors (Lipinski definition) is 4. The summed E-state index contributed by atoms with van der Waals surface area (Å²) in [4.78, 5) is 15.9. The maximum absolute atomic E-state index is 15.1.